The van der Waals surface area contributed by atoms with Crippen LogP contribution in [-0.4, -0.2) is 54.3 Å². The van der Waals surface area contributed by atoms with E-state index >= 15 is 0 Å². The molecule has 0 spiro atoms. The summed E-state index contributed by atoms with van der Waals surface area (Å²) in [6, 6.07) is 15.1. The van der Waals surface area contributed by atoms with E-state index in [0.717, 1.165) is 11.3 Å². The first-order valence-electron chi connectivity index (χ1n) is 9.92. The first kappa shape index (κ1) is 23.3. The molecule has 7 heteroatoms. The topological polar surface area (TPSA) is 80.8 Å². The van der Waals surface area contributed by atoms with Gasteiger partial charge in [0.2, 0.25) is 5.91 Å². The van der Waals surface area contributed by atoms with E-state index in [1.807, 2.05) is 48.5 Å². The summed E-state index contributed by atoms with van der Waals surface area (Å²) in [5, 5.41) is 2.66. The van der Waals surface area contributed by atoms with Crippen LogP contribution in [-0.2, 0) is 14.3 Å². The van der Waals surface area contributed by atoms with E-state index in [1.54, 1.807) is 38.9 Å². The first-order valence-corrected chi connectivity index (χ1v) is 9.92. The monoisotopic (exact) mass is 413 g/mol. The molecule has 1 aromatic carbocycles. The lowest BCUT2D eigenvalue weighted by Gasteiger charge is -2.29. The maximum Gasteiger partial charge on any atom is 0.407 e. The van der Waals surface area contributed by atoms with Gasteiger partial charge in [0.25, 0.3) is 0 Å². The van der Waals surface area contributed by atoms with Crippen molar-refractivity contribution in [1.29, 1.82) is 0 Å². The number of rotatable bonds is 8. The molecule has 2 aromatic rings. The van der Waals surface area contributed by atoms with Crippen LogP contribution in [0.5, 0.6) is 0 Å². The van der Waals surface area contributed by atoms with Gasteiger partial charge in [0.05, 0.1) is 24.3 Å². The molecule has 1 aromatic heterocycles. The van der Waals surface area contributed by atoms with Crippen molar-refractivity contribution >= 4 is 12.0 Å². The number of aromatic nitrogens is 1. The predicted octanol–water partition coefficient (Wildman–Crippen LogP) is 3.56. The third-order valence-electron chi connectivity index (χ3n) is 4.47. The van der Waals surface area contributed by atoms with Gasteiger partial charge in [0.1, 0.15) is 5.60 Å². The molecular formula is C23H31N3O4. The van der Waals surface area contributed by atoms with E-state index in [9.17, 15) is 9.59 Å². The van der Waals surface area contributed by atoms with Crippen molar-refractivity contribution in [2.45, 2.75) is 44.9 Å². The minimum atomic E-state index is -0.589. The second-order valence-corrected chi connectivity index (χ2v) is 8.02. The van der Waals surface area contributed by atoms with Crippen LogP contribution in [0.4, 0.5) is 4.79 Å². The van der Waals surface area contributed by atoms with Crippen LogP contribution in [0.25, 0.3) is 0 Å². The van der Waals surface area contributed by atoms with Gasteiger partial charge in [-0.3, -0.25) is 9.78 Å². The van der Waals surface area contributed by atoms with Gasteiger partial charge in [-0.2, -0.15) is 0 Å². The fourth-order valence-corrected chi connectivity index (χ4v) is 3.00. The fraction of sp³-hybridized carbons (Fsp3) is 0.435. The Balaban J connectivity index is 2.08. The van der Waals surface area contributed by atoms with Gasteiger partial charge in [0.15, 0.2) is 0 Å². The molecule has 1 N–H and O–H groups in total. The number of hydrogen-bond acceptors (Lipinski definition) is 5. The molecule has 0 fully saturated rings. The van der Waals surface area contributed by atoms with E-state index in [4.69, 9.17) is 9.47 Å². The molecule has 2 amide bonds. The smallest absolute Gasteiger partial charge is 0.407 e. The van der Waals surface area contributed by atoms with E-state index in [-0.39, 0.29) is 24.9 Å². The van der Waals surface area contributed by atoms with E-state index in [0.29, 0.717) is 0 Å². The highest BCUT2D eigenvalue weighted by Gasteiger charge is 2.27. The zero-order chi connectivity index (χ0) is 22.1. The highest BCUT2D eigenvalue weighted by Crippen LogP contribution is 2.26. The number of alkyl carbamates (subject to hydrolysis) is 1. The molecular weight excluding hydrogens is 382 g/mol. The molecule has 0 bridgehead atoms. The summed E-state index contributed by atoms with van der Waals surface area (Å²) >= 11 is 0. The molecule has 7 nitrogen and oxygen atoms in total. The van der Waals surface area contributed by atoms with Gasteiger partial charge in [-0.25, -0.2) is 4.79 Å². The normalized spacial score (nSPS) is 13.2. The zero-order valence-corrected chi connectivity index (χ0v) is 18.3. The molecule has 2 rings (SSSR count). The van der Waals surface area contributed by atoms with Crippen LogP contribution in [0, 0.1) is 0 Å². The van der Waals surface area contributed by atoms with Crippen LogP contribution in [0.3, 0.4) is 0 Å². The van der Waals surface area contributed by atoms with Crippen molar-refractivity contribution in [1.82, 2.24) is 15.2 Å². The van der Waals surface area contributed by atoms with Crippen LogP contribution < -0.4 is 5.32 Å². The Bertz CT molecular complexity index is 767. The fourth-order valence-electron chi connectivity index (χ4n) is 3.00. The van der Waals surface area contributed by atoms with E-state index in [1.165, 1.54) is 7.11 Å². The summed E-state index contributed by atoms with van der Waals surface area (Å²) in [7, 11) is 3.27. The molecule has 162 valence electrons. The summed E-state index contributed by atoms with van der Waals surface area (Å²) in [6.07, 6.45) is 0.805. The summed E-state index contributed by atoms with van der Waals surface area (Å²) in [6.45, 7) is 5.55. The molecule has 0 aliphatic rings. The maximum absolute atomic E-state index is 13.0. The average molecular weight is 414 g/mol. The van der Waals surface area contributed by atoms with Crippen molar-refractivity contribution in [2.24, 2.45) is 0 Å². The predicted molar refractivity (Wildman–Crippen MR) is 115 cm³/mol. The summed E-state index contributed by atoms with van der Waals surface area (Å²) in [4.78, 5) is 31.0. The van der Waals surface area contributed by atoms with Crippen LogP contribution in [0.1, 0.15) is 44.5 Å². The minimum Gasteiger partial charge on any atom is -0.444 e. The quantitative estimate of drug-likeness (QED) is 0.716. The number of pyridine rings is 1. The van der Waals surface area contributed by atoms with Gasteiger partial charge in [-0.15, -0.1) is 0 Å². The number of benzene rings is 1. The number of amides is 2. The molecule has 30 heavy (non-hydrogen) atoms. The molecule has 0 aliphatic carbocycles. The lowest BCUT2D eigenvalue weighted by Crippen LogP contribution is -2.40. The number of nitrogens with zero attached hydrogens (tertiary/aromatic N) is 2. The van der Waals surface area contributed by atoms with Crippen LogP contribution in [0.15, 0.2) is 54.7 Å². The zero-order valence-electron chi connectivity index (χ0n) is 18.3. The Morgan fingerprint density at radius 1 is 1.10 bits per heavy atom. The molecule has 0 radical (unpaired) electrons. The average Bonchev–Trinajstić information content (AvgIpc) is 2.71. The standard InChI is InChI=1S/C23H31N3O4/c1-23(2,3)30-22(28)25-16-18(29-5)15-20(27)26(4)21(17-11-7-6-8-12-17)19-13-9-10-14-24-19/h6-14,18,21H,15-16H2,1-5H3,(H,25,28)/t18-,21+/m0/s1. The summed E-state index contributed by atoms with van der Waals surface area (Å²) in [5.41, 5.74) is 1.15. The lowest BCUT2D eigenvalue weighted by atomic mass is 10.0. The number of hydrogen-bond donors (Lipinski definition) is 1. The van der Waals surface area contributed by atoms with Gasteiger partial charge >= 0.3 is 6.09 Å². The number of carbonyl (C=O) groups is 2. The highest BCUT2D eigenvalue weighted by atomic mass is 16.6. The molecule has 0 saturated heterocycles. The Morgan fingerprint density at radius 3 is 2.33 bits per heavy atom. The maximum atomic E-state index is 13.0. The van der Waals surface area contributed by atoms with Crippen molar-refractivity contribution in [2.75, 3.05) is 20.7 Å². The molecule has 2 atom stereocenters. The van der Waals surface area contributed by atoms with Crippen molar-refractivity contribution in [3.8, 4) is 0 Å². The van der Waals surface area contributed by atoms with E-state index in [2.05, 4.69) is 10.3 Å². The third kappa shape index (κ3) is 7.15. The number of carbonyl (C=O) groups excluding carboxylic acids is 2. The Morgan fingerprint density at radius 2 is 1.77 bits per heavy atom. The van der Waals surface area contributed by atoms with Crippen molar-refractivity contribution < 1.29 is 19.1 Å². The Hall–Kier alpha value is -2.93. The second kappa shape index (κ2) is 10.7. The van der Waals surface area contributed by atoms with Crippen LogP contribution in [0.2, 0.25) is 0 Å². The van der Waals surface area contributed by atoms with Crippen molar-refractivity contribution in [3.63, 3.8) is 0 Å². The number of nitrogens with one attached hydrogen (secondary N) is 1. The van der Waals surface area contributed by atoms with E-state index < -0.39 is 17.8 Å². The van der Waals surface area contributed by atoms with Gasteiger partial charge < -0.3 is 19.7 Å². The third-order valence-corrected chi connectivity index (χ3v) is 4.47. The minimum absolute atomic E-state index is 0.110. The summed E-state index contributed by atoms with van der Waals surface area (Å²) < 4.78 is 10.6. The van der Waals surface area contributed by atoms with Crippen LogP contribution >= 0.6 is 0 Å². The number of ether oxygens (including phenoxy) is 2. The second-order valence-electron chi connectivity index (χ2n) is 8.02. The SMILES string of the molecule is CO[C@H](CNC(=O)OC(C)(C)C)CC(=O)N(C)[C@H](c1ccccc1)c1ccccn1. The largest absolute Gasteiger partial charge is 0.444 e. The molecule has 0 unspecified atom stereocenters. The Labute approximate surface area is 178 Å². The first-order chi connectivity index (χ1) is 14.2. The highest BCUT2D eigenvalue weighted by molar-refractivity contribution is 5.77. The van der Waals surface area contributed by atoms with Gasteiger partial charge in [-0.1, -0.05) is 36.4 Å². The van der Waals surface area contributed by atoms with Crippen molar-refractivity contribution in [3.05, 3.63) is 66.0 Å². The molecule has 1 heterocycles. The molecule has 0 aliphatic heterocycles. The van der Waals surface area contributed by atoms with Gasteiger partial charge in [-0.05, 0) is 38.5 Å². The lowest BCUT2D eigenvalue weighted by molar-refractivity contribution is -0.134. The van der Waals surface area contributed by atoms with Gasteiger partial charge in [0, 0.05) is 26.9 Å². The summed E-state index contributed by atoms with van der Waals surface area (Å²) in [5.74, 6) is -0.118. The Kier molecular flexibility index (Phi) is 8.35. The number of methoxy groups -OCH3 is 1. The molecule has 0 saturated carbocycles.